The fourth-order valence-corrected chi connectivity index (χ4v) is 1.97. The molecule has 0 aromatic carbocycles. The molecule has 0 aliphatic carbocycles. The standard InChI is InChI=1S/C17H26O2/c1-4-5-6-7-8-9-10-11-12-15-13-16(18)19-14-17(15,2)3/h8-9,11-13H,4-7,10,14H2,1-3H3/b9-8-,12-11-. The van der Waals surface area contributed by atoms with Gasteiger partial charge in [-0.05, 0) is 24.8 Å². The van der Waals surface area contributed by atoms with Crippen LogP contribution >= 0.6 is 0 Å². The van der Waals surface area contributed by atoms with Crippen molar-refractivity contribution in [2.45, 2.75) is 52.9 Å². The van der Waals surface area contributed by atoms with Crippen molar-refractivity contribution >= 4 is 5.97 Å². The third-order valence-corrected chi connectivity index (χ3v) is 3.34. The zero-order valence-corrected chi connectivity index (χ0v) is 12.4. The number of unbranched alkanes of at least 4 members (excludes halogenated alkanes) is 3. The van der Waals surface area contributed by atoms with Crippen LogP contribution in [0, 0.1) is 5.41 Å². The van der Waals surface area contributed by atoms with Gasteiger partial charge in [-0.2, -0.15) is 0 Å². The van der Waals surface area contributed by atoms with Crippen molar-refractivity contribution in [2.75, 3.05) is 6.61 Å². The highest BCUT2D eigenvalue weighted by molar-refractivity contribution is 5.84. The van der Waals surface area contributed by atoms with Gasteiger partial charge in [-0.15, -0.1) is 0 Å². The molecule has 0 spiro atoms. The van der Waals surface area contributed by atoms with E-state index in [1.807, 2.05) is 0 Å². The van der Waals surface area contributed by atoms with Crippen molar-refractivity contribution in [1.82, 2.24) is 0 Å². The van der Waals surface area contributed by atoms with Crippen molar-refractivity contribution in [2.24, 2.45) is 5.41 Å². The number of carbonyl (C=O) groups is 1. The first-order valence-corrected chi connectivity index (χ1v) is 7.27. The van der Waals surface area contributed by atoms with E-state index in [0.29, 0.717) is 6.61 Å². The van der Waals surface area contributed by atoms with Crippen LogP contribution in [0.3, 0.4) is 0 Å². The molecule has 0 unspecified atom stereocenters. The molecule has 0 amide bonds. The topological polar surface area (TPSA) is 26.3 Å². The molecule has 2 heteroatoms. The number of hydrogen-bond donors (Lipinski definition) is 0. The quantitative estimate of drug-likeness (QED) is 0.381. The Labute approximate surface area is 117 Å². The molecule has 0 aromatic rings. The normalized spacial score (nSPS) is 18.9. The molecule has 1 aliphatic rings. The summed E-state index contributed by atoms with van der Waals surface area (Å²) in [5, 5.41) is 0. The van der Waals surface area contributed by atoms with Crippen molar-refractivity contribution < 1.29 is 9.53 Å². The molecule has 1 rings (SSSR count). The first-order chi connectivity index (χ1) is 9.06. The second-order valence-corrected chi connectivity index (χ2v) is 5.70. The van der Waals surface area contributed by atoms with Crippen molar-refractivity contribution in [1.29, 1.82) is 0 Å². The van der Waals surface area contributed by atoms with Crippen LogP contribution in [0.2, 0.25) is 0 Å². The summed E-state index contributed by atoms with van der Waals surface area (Å²) in [6.45, 7) is 6.87. The lowest BCUT2D eigenvalue weighted by Gasteiger charge is -2.29. The maximum atomic E-state index is 11.3. The molecule has 0 aromatic heterocycles. The highest BCUT2D eigenvalue weighted by Gasteiger charge is 2.28. The van der Waals surface area contributed by atoms with E-state index in [1.54, 1.807) is 6.08 Å². The zero-order chi connectivity index (χ0) is 14.1. The molecule has 0 radical (unpaired) electrons. The van der Waals surface area contributed by atoms with Gasteiger partial charge in [0.15, 0.2) is 0 Å². The molecule has 0 atom stereocenters. The fourth-order valence-electron chi connectivity index (χ4n) is 1.97. The molecule has 1 heterocycles. The Morgan fingerprint density at radius 2 is 2.05 bits per heavy atom. The maximum Gasteiger partial charge on any atom is 0.331 e. The Balaban J connectivity index is 2.37. The summed E-state index contributed by atoms with van der Waals surface area (Å²) >= 11 is 0. The van der Waals surface area contributed by atoms with Crippen LogP contribution in [0.5, 0.6) is 0 Å². The summed E-state index contributed by atoms with van der Waals surface area (Å²) in [5.74, 6) is -0.228. The molecule has 106 valence electrons. The Bertz CT molecular complexity index is 373. The smallest absolute Gasteiger partial charge is 0.331 e. The van der Waals surface area contributed by atoms with Crippen molar-refractivity contribution in [3.05, 3.63) is 36.0 Å². The van der Waals surface area contributed by atoms with Gasteiger partial charge in [0.2, 0.25) is 0 Å². The van der Waals surface area contributed by atoms with Crippen molar-refractivity contribution in [3.8, 4) is 0 Å². The second kappa shape index (κ2) is 7.98. The summed E-state index contributed by atoms with van der Waals surface area (Å²) in [7, 11) is 0. The van der Waals surface area contributed by atoms with Gasteiger partial charge in [-0.25, -0.2) is 4.79 Å². The number of hydrogen-bond acceptors (Lipinski definition) is 2. The fraction of sp³-hybridized carbons (Fsp3) is 0.588. The van der Waals surface area contributed by atoms with Crippen molar-refractivity contribution in [3.63, 3.8) is 0 Å². The van der Waals surface area contributed by atoms with Crippen LogP contribution in [0.1, 0.15) is 52.9 Å². The van der Waals surface area contributed by atoms with E-state index < -0.39 is 0 Å². The number of carbonyl (C=O) groups excluding carboxylic acids is 1. The lowest BCUT2D eigenvalue weighted by Crippen LogP contribution is -2.28. The summed E-state index contributed by atoms with van der Waals surface area (Å²) in [6.07, 6.45) is 16.2. The summed E-state index contributed by atoms with van der Waals surface area (Å²) in [5.41, 5.74) is 0.984. The molecule has 2 nitrogen and oxygen atoms in total. The molecule has 0 saturated carbocycles. The average molecular weight is 262 g/mol. The minimum absolute atomic E-state index is 0.0742. The molecular weight excluding hydrogens is 236 g/mol. The Morgan fingerprint density at radius 3 is 2.79 bits per heavy atom. The Kier molecular flexibility index (Phi) is 6.61. The third-order valence-electron chi connectivity index (χ3n) is 3.34. The predicted octanol–water partition coefficient (Wildman–Crippen LogP) is 4.58. The first-order valence-electron chi connectivity index (χ1n) is 7.27. The van der Waals surface area contributed by atoms with E-state index >= 15 is 0 Å². The monoisotopic (exact) mass is 262 g/mol. The molecule has 0 fully saturated rings. The SMILES string of the molecule is CCCCC/C=C\C/C=C\C1=CC(=O)OCC1(C)C. The lowest BCUT2D eigenvalue weighted by atomic mass is 9.83. The van der Waals surface area contributed by atoms with Gasteiger partial charge in [0.05, 0.1) is 0 Å². The van der Waals surface area contributed by atoms with E-state index in [2.05, 4.69) is 45.1 Å². The zero-order valence-electron chi connectivity index (χ0n) is 12.4. The highest BCUT2D eigenvalue weighted by atomic mass is 16.5. The van der Waals surface area contributed by atoms with Crippen LogP contribution < -0.4 is 0 Å². The van der Waals surface area contributed by atoms with Gasteiger partial charge in [0, 0.05) is 11.5 Å². The minimum atomic E-state index is -0.228. The van der Waals surface area contributed by atoms with E-state index in [9.17, 15) is 4.79 Å². The summed E-state index contributed by atoms with van der Waals surface area (Å²) < 4.78 is 5.04. The summed E-state index contributed by atoms with van der Waals surface area (Å²) in [6, 6.07) is 0. The largest absolute Gasteiger partial charge is 0.462 e. The number of allylic oxidation sites excluding steroid dienone is 4. The number of esters is 1. The molecule has 0 N–H and O–H groups in total. The second-order valence-electron chi connectivity index (χ2n) is 5.70. The predicted molar refractivity (Wildman–Crippen MR) is 79.9 cm³/mol. The molecule has 0 bridgehead atoms. The molecule has 0 saturated heterocycles. The van der Waals surface area contributed by atoms with Gasteiger partial charge >= 0.3 is 5.97 Å². The van der Waals surface area contributed by atoms with E-state index in [1.165, 1.54) is 25.7 Å². The summed E-state index contributed by atoms with van der Waals surface area (Å²) in [4.78, 5) is 11.3. The van der Waals surface area contributed by atoms with E-state index in [0.717, 1.165) is 12.0 Å². The van der Waals surface area contributed by atoms with Crippen LogP contribution in [0.15, 0.2) is 36.0 Å². The van der Waals surface area contributed by atoms with Gasteiger partial charge in [0.25, 0.3) is 0 Å². The number of ether oxygens (including phenoxy) is 1. The average Bonchev–Trinajstić information content (AvgIpc) is 2.37. The number of cyclic esters (lactones) is 1. The maximum absolute atomic E-state index is 11.3. The third kappa shape index (κ3) is 5.91. The minimum Gasteiger partial charge on any atom is -0.462 e. The van der Waals surface area contributed by atoms with E-state index in [-0.39, 0.29) is 11.4 Å². The van der Waals surface area contributed by atoms with Crippen LogP contribution in [-0.4, -0.2) is 12.6 Å². The van der Waals surface area contributed by atoms with E-state index in [4.69, 9.17) is 4.74 Å². The van der Waals surface area contributed by atoms with Crippen LogP contribution in [0.25, 0.3) is 0 Å². The molecular formula is C17H26O2. The Hall–Kier alpha value is -1.31. The molecule has 1 aliphatic heterocycles. The van der Waals surface area contributed by atoms with Gasteiger partial charge in [-0.1, -0.05) is 57.9 Å². The van der Waals surface area contributed by atoms with Crippen LogP contribution in [-0.2, 0) is 9.53 Å². The molecule has 19 heavy (non-hydrogen) atoms. The number of rotatable bonds is 7. The first kappa shape index (κ1) is 15.7. The van der Waals surface area contributed by atoms with Gasteiger partial charge < -0.3 is 4.74 Å². The van der Waals surface area contributed by atoms with Gasteiger partial charge in [0.1, 0.15) is 6.61 Å². The van der Waals surface area contributed by atoms with Gasteiger partial charge in [-0.3, -0.25) is 0 Å². The Morgan fingerprint density at radius 1 is 1.26 bits per heavy atom. The highest BCUT2D eigenvalue weighted by Crippen LogP contribution is 2.30. The lowest BCUT2D eigenvalue weighted by molar-refractivity contribution is -0.141. The van der Waals surface area contributed by atoms with Crippen LogP contribution in [0.4, 0.5) is 0 Å².